The number of methoxy groups -OCH3 is 1. The fraction of sp³-hybridized carbons (Fsp3) is 0.571. The van der Waals surface area contributed by atoms with Gasteiger partial charge in [0.25, 0.3) is 0 Å². The topological polar surface area (TPSA) is 21.3 Å². The summed E-state index contributed by atoms with van der Waals surface area (Å²) in [6, 6.07) is 9.01. The van der Waals surface area contributed by atoms with Gasteiger partial charge in [-0.3, -0.25) is 0 Å². The van der Waals surface area contributed by atoms with Gasteiger partial charge >= 0.3 is 0 Å². The summed E-state index contributed by atoms with van der Waals surface area (Å²) in [7, 11) is 1.71. The Morgan fingerprint density at radius 3 is 2.44 bits per heavy atom. The molecule has 0 amide bonds. The predicted molar refractivity (Wildman–Crippen MR) is 66.8 cm³/mol. The Bertz CT molecular complexity index is 316. The Balaban J connectivity index is 2.10. The van der Waals surface area contributed by atoms with Gasteiger partial charge < -0.3 is 10.1 Å². The van der Waals surface area contributed by atoms with E-state index in [1.165, 1.54) is 24.8 Å². The molecule has 0 bridgehead atoms. The maximum absolute atomic E-state index is 5.19. The lowest BCUT2D eigenvalue weighted by Crippen LogP contribution is -2.32. The molecule has 0 spiro atoms. The summed E-state index contributed by atoms with van der Waals surface area (Å²) in [5, 5.41) is 3.60. The highest BCUT2D eigenvalue weighted by molar-refractivity contribution is 5.29. The lowest BCUT2D eigenvalue weighted by Gasteiger charge is -2.34. The van der Waals surface area contributed by atoms with Gasteiger partial charge in [-0.25, -0.2) is 0 Å². The van der Waals surface area contributed by atoms with Crippen molar-refractivity contribution in [2.75, 3.05) is 13.7 Å². The molecule has 88 valence electrons. The second kappa shape index (κ2) is 5.35. The molecular formula is C14H21NO. The number of ether oxygens (including phenoxy) is 1. The Hall–Kier alpha value is -1.02. The van der Waals surface area contributed by atoms with E-state index in [9.17, 15) is 0 Å². The monoisotopic (exact) mass is 219 g/mol. The van der Waals surface area contributed by atoms with E-state index in [2.05, 4.69) is 36.5 Å². The Labute approximate surface area is 98.0 Å². The minimum atomic E-state index is 0.532. The molecule has 0 saturated heterocycles. The molecule has 1 N–H and O–H groups in total. The van der Waals surface area contributed by atoms with Crippen LogP contribution in [-0.4, -0.2) is 13.7 Å². The molecule has 1 aliphatic rings. The van der Waals surface area contributed by atoms with Crippen molar-refractivity contribution in [1.82, 2.24) is 5.32 Å². The van der Waals surface area contributed by atoms with Crippen LogP contribution in [0.25, 0.3) is 0 Å². The molecule has 2 heteroatoms. The molecule has 2 nitrogen and oxygen atoms in total. The minimum Gasteiger partial charge on any atom is -0.497 e. The summed E-state index contributed by atoms with van der Waals surface area (Å²) in [4.78, 5) is 0. The average Bonchev–Trinajstić information content (AvgIpc) is 2.26. The van der Waals surface area contributed by atoms with Gasteiger partial charge in [-0.15, -0.1) is 0 Å². The third kappa shape index (κ3) is 2.38. The van der Waals surface area contributed by atoms with E-state index < -0.39 is 0 Å². The molecule has 1 atom stereocenters. The highest BCUT2D eigenvalue weighted by Gasteiger charge is 2.27. The molecular weight excluding hydrogens is 198 g/mol. The molecule has 1 saturated carbocycles. The molecule has 1 aromatic carbocycles. The van der Waals surface area contributed by atoms with Crippen molar-refractivity contribution in [1.29, 1.82) is 0 Å². The lowest BCUT2D eigenvalue weighted by molar-refractivity contribution is 0.233. The molecule has 2 rings (SSSR count). The van der Waals surface area contributed by atoms with Crippen LogP contribution in [0, 0.1) is 5.92 Å². The van der Waals surface area contributed by atoms with Crippen molar-refractivity contribution in [2.45, 2.75) is 32.2 Å². The van der Waals surface area contributed by atoms with E-state index in [-0.39, 0.29) is 0 Å². The zero-order chi connectivity index (χ0) is 11.4. The summed E-state index contributed by atoms with van der Waals surface area (Å²) in [6.45, 7) is 3.21. The Morgan fingerprint density at radius 2 is 2.00 bits per heavy atom. The highest BCUT2D eigenvalue weighted by atomic mass is 16.5. The summed E-state index contributed by atoms with van der Waals surface area (Å²) in [5.41, 5.74) is 1.40. The van der Waals surface area contributed by atoms with Crippen molar-refractivity contribution >= 4 is 0 Å². The van der Waals surface area contributed by atoms with Crippen LogP contribution in [0.15, 0.2) is 24.3 Å². The maximum atomic E-state index is 5.19. The SMILES string of the molecule is CCNC(c1ccc(OC)cc1)C1CCC1. The smallest absolute Gasteiger partial charge is 0.118 e. The molecule has 0 aromatic heterocycles. The molecule has 1 aromatic rings. The van der Waals surface area contributed by atoms with Crippen LogP contribution in [0.1, 0.15) is 37.8 Å². The predicted octanol–water partition coefficient (Wildman–Crippen LogP) is 3.15. The second-order valence-corrected chi connectivity index (χ2v) is 4.50. The van der Waals surface area contributed by atoms with E-state index >= 15 is 0 Å². The van der Waals surface area contributed by atoms with E-state index in [4.69, 9.17) is 4.74 Å². The molecule has 1 fully saturated rings. The number of nitrogens with one attached hydrogen (secondary N) is 1. The Morgan fingerprint density at radius 1 is 1.31 bits per heavy atom. The first-order valence-corrected chi connectivity index (χ1v) is 6.22. The van der Waals surface area contributed by atoms with Crippen LogP contribution in [0.4, 0.5) is 0 Å². The first kappa shape index (κ1) is 11.5. The quantitative estimate of drug-likeness (QED) is 0.821. The second-order valence-electron chi connectivity index (χ2n) is 4.50. The maximum Gasteiger partial charge on any atom is 0.118 e. The molecule has 1 aliphatic carbocycles. The first-order valence-electron chi connectivity index (χ1n) is 6.22. The largest absolute Gasteiger partial charge is 0.497 e. The molecule has 16 heavy (non-hydrogen) atoms. The van der Waals surface area contributed by atoms with E-state index in [1.54, 1.807) is 7.11 Å². The summed E-state index contributed by atoms with van der Waals surface area (Å²) >= 11 is 0. The van der Waals surface area contributed by atoms with Gasteiger partial charge in [0.2, 0.25) is 0 Å². The van der Waals surface area contributed by atoms with Crippen LogP contribution in [0.5, 0.6) is 5.75 Å². The van der Waals surface area contributed by atoms with Crippen LogP contribution in [0.3, 0.4) is 0 Å². The van der Waals surface area contributed by atoms with Crippen molar-refractivity contribution < 1.29 is 4.74 Å². The summed E-state index contributed by atoms with van der Waals surface area (Å²) in [6.07, 6.45) is 4.12. The molecule has 1 unspecified atom stereocenters. The summed E-state index contributed by atoms with van der Waals surface area (Å²) in [5.74, 6) is 1.76. The average molecular weight is 219 g/mol. The third-order valence-electron chi connectivity index (χ3n) is 3.52. The zero-order valence-electron chi connectivity index (χ0n) is 10.2. The van der Waals surface area contributed by atoms with Gasteiger partial charge in [-0.2, -0.15) is 0 Å². The fourth-order valence-corrected chi connectivity index (χ4v) is 2.36. The van der Waals surface area contributed by atoms with Gasteiger partial charge in [-0.05, 0) is 43.0 Å². The molecule has 0 radical (unpaired) electrons. The number of hydrogen-bond acceptors (Lipinski definition) is 2. The van der Waals surface area contributed by atoms with Crippen LogP contribution >= 0.6 is 0 Å². The van der Waals surface area contributed by atoms with E-state index in [0.717, 1.165) is 18.2 Å². The molecule has 0 heterocycles. The van der Waals surface area contributed by atoms with Gasteiger partial charge in [0.05, 0.1) is 7.11 Å². The number of rotatable bonds is 5. The summed E-state index contributed by atoms with van der Waals surface area (Å²) < 4.78 is 5.19. The van der Waals surface area contributed by atoms with E-state index in [0.29, 0.717) is 6.04 Å². The van der Waals surface area contributed by atoms with Crippen LogP contribution in [0.2, 0.25) is 0 Å². The number of benzene rings is 1. The van der Waals surface area contributed by atoms with Crippen LogP contribution in [-0.2, 0) is 0 Å². The van der Waals surface area contributed by atoms with Gasteiger partial charge in [0.1, 0.15) is 5.75 Å². The minimum absolute atomic E-state index is 0.532. The normalized spacial score (nSPS) is 17.9. The Kier molecular flexibility index (Phi) is 3.83. The van der Waals surface area contributed by atoms with Crippen molar-refractivity contribution in [2.24, 2.45) is 5.92 Å². The first-order chi connectivity index (χ1) is 7.85. The van der Waals surface area contributed by atoms with Gasteiger partial charge in [-0.1, -0.05) is 25.5 Å². The third-order valence-corrected chi connectivity index (χ3v) is 3.52. The standard InChI is InChI=1S/C14H21NO/c1-3-15-14(11-5-4-6-11)12-7-9-13(16-2)10-8-12/h7-11,14-15H,3-6H2,1-2H3. The van der Waals surface area contributed by atoms with Gasteiger partial charge in [0.15, 0.2) is 0 Å². The van der Waals surface area contributed by atoms with Gasteiger partial charge in [0, 0.05) is 6.04 Å². The van der Waals surface area contributed by atoms with E-state index in [1.807, 2.05) is 0 Å². The molecule has 0 aliphatic heterocycles. The van der Waals surface area contributed by atoms with Crippen LogP contribution < -0.4 is 10.1 Å². The van der Waals surface area contributed by atoms with Crippen molar-refractivity contribution in [3.05, 3.63) is 29.8 Å². The highest BCUT2D eigenvalue weighted by Crippen LogP contribution is 2.37. The van der Waals surface area contributed by atoms with Crippen molar-refractivity contribution in [3.8, 4) is 5.75 Å². The number of hydrogen-bond donors (Lipinski definition) is 1. The van der Waals surface area contributed by atoms with Crippen molar-refractivity contribution in [3.63, 3.8) is 0 Å². The fourth-order valence-electron chi connectivity index (χ4n) is 2.36. The zero-order valence-corrected chi connectivity index (χ0v) is 10.2. The lowest BCUT2D eigenvalue weighted by atomic mass is 9.77.